The number of esters is 2. The number of carbonyl (C=O) groups excluding carboxylic acids is 2. The van der Waals surface area contributed by atoms with Crippen LogP contribution in [0.4, 0.5) is 149 Å². The fourth-order valence-electron chi connectivity index (χ4n) is 4.07. The fourth-order valence-corrected chi connectivity index (χ4v) is 4.78. The number of alkyl halides is 34. The van der Waals surface area contributed by atoms with Crippen LogP contribution in [0.25, 0.3) is 0 Å². The van der Waals surface area contributed by atoms with Crippen molar-refractivity contribution in [3.05, 3.63) is 0 Å². The molecule has 0 aliphatic rings. The Morgan fingerprint density at radius 3 is 0.838 bits per heavy atom. The molecule has 0 aliphatic heterocycles. The Balaban J connectivity index is 0. The summed E-state index contributed by atoms with van der Waals surface area (Å²) in [6.07, 6.45) is -27.6. The van der Waals surface area contributed by atoms with Crippen molar-refractivity contribution >= 4 is 22.1 Å². The second kappa shape index (κ2) is 19.1. The van der Waals surface area contributed by atoms with E-state index in [1.807, 2.05) is 0 Å². The molecule has 1 unspecified atom stereocenters. The zero-order chi connectivity index (χ0) is 54.9. The van der Waals surface area contributed by atoms with Gasteiger partial charge in [0.2, 0.25) is 0 Å². The molecule has 0 aliphatic carbocycles. The maximum atomic E-state index is 14.0. The number of carbonyl (C=O) groups is 2. The summed E-state index contributed by atoms with van der Waals surface area (Å²) in [6, 6.07) is 0. The first-order valence-corrected chi connectivity index (χ1v) is 16.8. The number of hydrogen-bond donors (Lipinski definition) is 0. The van der Waals surface area contributed by atoms with Gasteiger partial charge in [-0.1, -0.05) is 0 Å². The number of ether oxygens (including phenoxy) is 2. The Labute approximate surface area is 372 Å². The summed E-state index contributed by atoms with van der Waals surface area (Å²) in [4.78, 5) is 23.5. The molecule has 43 heteroatoms. The molecule has 0 aromatic carbocycles. The molecule has 400 valence electrons. The Morgan fingerprint density at radius 2 is 0.603 bits per heavy atom. The maximum Gasteiger partial charge on any atom is 1.00 e. The van der Waals surface area contributed by atoms with Gasteiger partial charge in [-0.3, -0.25) is 9.59 Å². The van der Waals surface area contributed by atoms with Crippen LogP contribution < -0.4 is 29.6 Å². The summed E-state index contributed by atoms with van der Waals surface area (Å²) in [7, 11) is -6.56. The van der Waals surface area contributed by atoms with Gasteiger partial charge in [0.25, 0.3) is 0 Å². The van der Waals surface area contributed by atoms with E-state index in [4.69, 9.17) is 0 Å². The van der Waals surface area contributed by atoms with Crippen LogP contribution in [0.1, 0.15) is 25.7 Å². The van der Waals surface area contributed by atoms with Gasteiger partial charge in [-0.25, -0.2) is 8.42 Å². The second-order valence-electron chi connectivity index (χ2n) is 12.7. The Kier molecular flexibility index (Phi) is 19.0. The van der Waals surface area contributed by atoms with E-state index in [9.17, 15) is 172 Å². The predicted octanol–water partition coefficient (Wildman–Crippen LogP) is 7.57. The van der Waals surface area contributed by atoms with Crippen molar-refractivity contribution in [2.24, 2.45) is 0 Å². The number of halogens is 34. The molecule has 0 bridgehead atoms. The molecule has 0 aromatic rings. The number of rotatable bonds is 23. The van der Waals surface area contributed by atoms with Gasteiger partial charge < -0.3 is 14.0 Å². The van der Waals surface area contributed by atoms with Gasteiger partial charge in [0.05, 0.1) is 26.1 Å². The summed E-state index contributed by atoms with van der Waals surface area (Å²) in [6.45, 7) is -5.65. The first-order chi connectivity index (χ1) is 28.6. The molecule has 0 fully saturated rings. The van der Waals surface area contributed by atoms with Crippen LogP contribution in [0, 0.1) is 0 Å². The SMILES string of the molecule is O=C(CCC(C(=O)OCCC(F)(F)C(F)(F)C(F)(F)C(F)(F)C(F)(F)C(F)(F)C(F)(F)C(F)(F)F)S(=O)(=O)[O-])OCCC(F)(F)C(F)(F)C(F)(F)C(F)(F)C(F)(F)C(F)(F)C(F)(F)C(F)(F)F.[Na+]. The van der Waals surface area contributed by atoms with Gasteiger partial charge in [0.15, 0.2) is 0 Å². The molecule has 0 heterocycles. The first-order valence-electron chi connectivity index (χ1n) is 15.3. The Bertz CT molecular complexity index is 1890. The monoisotopic (exact) mass is 1130 g/mol. The van der Waals surface area contributed by atoms with Gasteiger partial charge in [-0.15, -0.1) is 0 Å². The zero-order valence-corrected chi connectivity index (χ0v) is 33.8. The van der Waals surface area contributed by atoms with E-state index in [1.165, 1.54) is 0 Å². The molecule has 0 spiro atoms. The van der Waals surface area contributed by atoms with Gasteiger partial charge in [0, 0.05) is 6.42 Å². The van der Waals surface area contributed by atoms with Crippen LogP contribution >= 0.6 is 0 Å². The van der Waals surface area contributed by atoms with Crippen LogP contribution in [-0.4, -0.2) is 139 Å². The third-order valence-corrected chi connectivity index (χ3v) is 9.26. The van der Waals surface area contributed by atoms with Gasteiger partial charge in [0.1, 0.15) is 15.4 Å². The van der Waals surface area contributed by atoms with Crippen LogP contribution in [0.5, 0.6) is 0 Å². The third-order valence-electron chi connectivity index (χ3n) is 8.14. The fraction of sp³-hybridized carbons (Fsp3) is 0.920. The van der Waals surface area contributed by atoms with Gasteiger partial charge in [-0.05, 0) is 6.42 Å². The minimum atomic E-state index is -9.07. The van der Waals surface area contributed by atoms with E-state index in [-0.39, 0.29) is 29.6 Å². The van der Waals surface area contributed by atoms with Crippen molar-refractivity contribution in [2.75, 3.05) is 13.2 Å². The van der Waals surface area contributed by atoms with Crippen molar-refractivity contribution in [1.82, 2.24) is 0 Å². The summed E-state index contributed by atoms with van der Waals surface area (Å²) >= 11 is 0. The van der Waals surface area contributed by atoms with E-state index >= 15 is 0 Å². The molecule has 0 N–H and O–H groups in total. The molecule has 0 amide bonds. The van der Waals surface area contributed by atoms with Gasteiger partial charge in [-0.2, -0.15) is 149 Å². The first kappa shape index (κ1) is 67.5. The minimum Gasteiger partial charge on any atom is -0.747 e. The van der Waals surface area contributed by atoms with Crippen molar-refractivity contribution < 1.29 is 211 Å². The van der Waals surface area contributed by atoms with E-state index in [0.717, 1.165) is 0 Å². The molecule has 7 nitrogen and oxygen atoms in total. The van der Waals surface area contributed by atoms with Crippen LogP contribution in [0.2, 0.25) is 0 Å². The Hall–Kier alpha value is -2.53. The normalized spacial score (nSPS) is 16.3. The molecule has 1 atom stereocenters. The smallest absolute Gasteiger partial charge is 0.747 e. The largest absolute Gasteiger partial charge is 1.00 e. The van der Waals surface area contributed by atoms with E-state index < -0.39 is 161 Å². The average Bonchev–Trinajstić information content (AvgIpc) is 3.08. The van der Waals surface area contributed by atoms with Crippen LogP contribution in [-0.2, 0) is 29.2 Å². The predicted molar refractivity (Wildman–Crippen MR) is 135 cm³/mol. The van der Waals surface area contributed by atoms with E-state index in [2.05, 4.69) is 9.47 Å². The second-order valence-corrected chi connectivity index (χ2v) is 14.3. The van der Waals surface area contributed by atoms with Crippen molar-refractivity contribution in [3.63, 3.8) is 0 Å². The molecular weight excluding hydrogens is 1110 g/mol. The zero-order valence-electron chi connectivity index (χ0n) is 30.9. The van der Waals surface area contributed by atoms with Crippen molar-refractivity contribution in [1.29, 1.82) is 0 Å². The molecule has 0 aromatic heterocycles. The molecule has 0 radical (unpaired) electrons. The van der Waals surface area contributed by atoms with E-state index in [1.54, 1.807) is 0 Å². The molecule has 0 rings (SSSR count). The molecule has 0 saturated heterocycles. The third kappa shape index (κ3) is 10.7. The topological polar surface area (TPSA) is 110 Å². The maximum absolute atomic E-state index is 14.0. The Morgan fingerprint density at radius 1 is 0.382 bits per heavy atom. The average molecular weight is 1130 g/mol. The standard InChI is InChI=1S/C25H14F34O7S.Na/c26-10(27,12(30,31)14(34,35)16(38,39)18(42,43)20(46,47)22(50,51)24(54,55)56)3-5-65-8(60)2-1-7(67(62,63)64)9(61)66-6-4-11(28,29)13(32,33)15(36,37)17(40,41)19(44,45)21(48,49)23(52,53)25(57,58)59;/h7H,1-6H2,(H,62,63,64);/q;+1/p-1. The number of hydrogen-bond acceptors (Lipinski definition) is 7. The quantitative estimate of drug-likeness (QED) is 0.0450. The van der Waals surface area contributed by atoms with Crippen molar-refractivity contribution in [2.45, 2.75) is 126 Å². The minimum absolute atomic E-state index is 0. The van der Waals surface area contributed by atoms with Gasteiger partial charge >= 0.3 is 137 Å². The summed E-state index contributed by atoms with van der Waals surface area (Å²) in [5.41, 5.74) is 0. The molecular formula is C25H13F34NaO7S. The molecule has 68 heavy (non-hydrogen) atoms. The summed E-state index contributed by atoms with van der Waals surface area (Å²) in [5.74, 6) is -125. The summed E-state index contributed by atoms with van der Waals surface area (Å²) in [5, 5.41) is -3.76. The van der Waals surface area contributed by atoms with E-state index in [0.29, 0.717) is 0 Å². The summed E-state index contributed by atoms with van der Waals surface area (Å²) < 4.78 is 494. The van der Waals surface area contributed by atoms with Crippen LogP contribution in [0.15, 0.2) is 0 Å². The van der Waals surface area contributed by atoms with Crippen molar-refractivity contribution in [3.8, 4) is 0 Å². The van der Waals surface area contributed by atoms with Crippen LogP contribution in [0.3, 0.4) is 0 Å². The molecule has 0 saturated carbocycles.